The van der Waals surface area contributed by atoms with Crippen LogP contribution in [0.2, 0.25) is 0 Å². The molecule has 9 heteroatoms. The highest BCUT2D eigenvalue weighted by Crippen LogP contribution is 2.43. The first-order chi connectivity index (χ1) is 30.6. The molecule has 0 rings (SSSR count). The minimum Gasteiger partial charge on any atom is -0.457 e. The molecule has 0 aliphatic heterocycles. The van der Waals surface area contributed by atoms with Crippen molar-refractivity contribution in [1.29, 1.82) is 0 Å². The summed E-state index contributed by atoms with van der Waals surface area (Å²) in [5.41, 5.74) is 0. The van der Waals surface area contributed by atoms with Crippen LogP contribution in [0.25, 0.3) is 0 Å². The van der Waals surface area contributed by atoms with E-state index in [4.69, 9.17) is 18.5 Å². The highest BCUT2D eigenvalue weighted by Gasteiger charge is 2.26. The summed E-state index contributed by atoms with van der Waals surface area (Å²) >= 11 is 0. The number of ether oxygens (including phenoxy) is 2. The Kier molecular flexibility index (Phi) is 44.1. The SMILES string of the molecule is CC/C=C\C/C=C\C/C=C\C/C=C\CCCCCCCCCCCCCCCOCC(COP(=O)(O)OCC[N+](C)(C)C)OC(=O)CCCC/C=C\C/C=C\C/C=C\C/C=C\CC. The van der Waals surface area contributed by atoms with Crippen LogP contribution >= 0.6 is 7.82 Å². The normalized spacial score (nSPS) is 14.4. The third-order valence-electron chi connectivity index (χ3n) is 10.1. The molecule has 0 amide bonds. The molecule has 0 fully saturated rings. The van der Waals surface area contributed by atoms with Gasteiger partial charge in [0.15, 0.2) is 0 Å². The maximum atomic E-state index is 12.7. The average Bonchev–Trinajstić information content (AvgIpc) is 3.24. The average molecular weight is 901 g/mol. The number of quaternary nitrogens is 1. The third-order valence-corrected chi connectivity index (χ3v) is 11.1. The zero-order valence-corrected chi connectivity index (χ0v) is 41.9. The largest absolute Gasteiger partial charge is 0.472 e. The standard InChI is InChI=1S/C54H94NO7P/c1-6-8-10-12-14-16-18-20-22-23-24-25-26-27-28-29-30-31-32-34-36-38-40-42-44-46-49-59-51-53(52-61-63(57,58)60-50-48-55(3,4)5)62-54(56)47-45-43-41-39-37-35-33-21-19-17-15-13-11-9-7-2/h8-11,14-17,20-22,24-25,33,37,39,53H,6-7,12-13,18-19,23,26-32,34-36,38,40-52H2,1-5H3/p+1/b10-8-,11-9-,16-14-,17-15-,22-20-,25-24-,33-21-,39-37-. The molecule has 0 spiro atoms. The van der Waals surface area contributed by atoms with Crippen molar-refractivity contribution >= 4 is 13.8 Å². The Morgan fingerprint density at radius 2 is 0.873 bits per heavy atom. The lowest BCUT2D eigenvalue weighted by molar-refractivity contribution is -0.870. The van der Waals surface area contributed by atoms with Crippen molar-refractivity contribution < 1.29 is 37.3 Å². The lowest BCUT2D eigenvalue weighted by atomic mass is 10.0. The number of unbranched alkanes of at least 4 members (excludes halogenated alkanes) is 15. The summed E-state index contributed by atoms with van der Waals surface area (Å²) in [5, 5.41) is 0. The quantitative estimate of drug-likeness (QED) is 0.0214. The van der Waals surface area contributed by atoms with Gasteiger partial charge >= 0.3 is 13.8 Å². The highest BCUT2D eigenvalue weighted by atomic mass is 31.2. The Bertz CT molecular complexity index is 1320. The Morgan fingerprint density at radius 1 is 0.492 bits per heavy atom. The third kappa shape index (κ3) is 50.3. The van der Waals surface area contributed by atoms with E-state index in [0.29, 0.717) is 24.1 Å². The van der Waals surface area contributed by atoms with Crippen molar-refractivity contribution in [3.05, 3.63) is 97.2 Å². The molecule has 0 heterocycles. The van der Waals surface area contributed by atoms with Crippen LogP contribution in [0.15, 0.2) is 97.2 Å². The van der Waals surface area contributed by atoms with E-state index in [2.05, 4.69) is 111 Å². The molecule has 0 saturated heterocycles. The highest BCUT2D eigenvalue weighted by molar-refractivity contribution is 7.47. The predicted molar refractivity (Wildman–Crippen MR) is 270 cm³/mol. The molecule has 362 valence electrons. The Morgan fingerprint density at radius 3 is 1.30 bits per heavy atom. The molecule has 0 aromatic carbocycles. The zero-order chi connectivity index (χ0) is 46.2. The summed E-state index contributed by atoms with van der Waals surface area (Å²) in [6.45, 7) is 5.32. The monoisotopic (exact) mass is 901 g/mol. The number of esters is 1. The van der Waals surface area contributed by atoms with Gasteiger partial charge in [0.25, 0.3) is 0 Å². The van der Waals surface area contributed by atoms with Crippen LogP contribution in [-0.4, -0.2) is 75.6 Å². The predicted octanol–water partition coefficient (Wildman–Crippen LogP) is 15.4. The van der Waals surface area contributed by atoms with E-state index in [1.807, 2.05) is 21.1 Å². The fourth-order valence-electron chi connectivity index (χ4n) is 6.36. The van der Waals surface area contributed by atoms with Gasteiger partial charge in [-0.15, -0.1) is 0 Å². The smallest absolute Gasteiger partial charge is 0.457 e. The van der Waals surface area contributed by atoms with E-state index >= 15 is 0 Å². The topological polar surface area (TPSA) is 91.3 Å². The fourth-order valence-corrected chi connectivity index (χ4v) is 7.10. The first-order valence-corrected chi connectivity index (χ1v) is 26.5. The molecular weight excluding hydrogens is 806 g/mol. The van der Waals surface area contributed by atoms with Crippen molar-refractivity contribution in [1.82, 2.24) is 0 Å². The van der Waals surface area contributed by atoms with E-state index in [1.165, 1.54) is 77.0 Å². The molecule has 0 bridgehead atoms. The van der Waals surface area contributed by atoms with E-state index in [1.54, 1.807) is 0 Å². The van der Waals surface area contributed by atoms with Crippen molar-refractivity contribution in [2.45, 2.75) is 187 Å². The zero-order valence-electron chi connectivity index (χ0n) is 41.0. The number of rotatable bonds is 45. The van der Waals surface area contributed by atoms with Gasteiger partial charge in [-0.3, -0.25) is 13.8 Å². The van der Waals surface area contributed by atoms with Crippen LogP contribution in [-0.2, 0) is 27.9 Å². The van der Waals surface area contributed by atoms with Crippen molar-refractivity contribution in [2.24, 2.45) is 0 Å². The summed E-state index contributed by atoms with van der Waals surface area (Å²) in [7, 11) is 1.63. The fraction of sp³-hybridized carbons (Fsp3) is 0.685. The van der Waals surface area contributed by atoms with Gasteiger partial charge < -0.3 is 18.9 Å². The van der Waals surface area contributed by atoms with E-state index in [-0.39, 0.29) is 32.2 Å². The minimum absolute atomic E-state index is 0.0755. The Balaban J connectivity index is 4.15. The first kappa shape index (κ1) is 60.4. The number of hydrogen-bond acceptors (Lipinski definition) is 6. The van der Waals surface area contributed by atoms with Gasteiger partial charge in [-0.25, -0.2) is 4.57 Å². The number of nitrogens with zero attached hydrogens (tertiary/aromatic N) is 1. The van der Waals surface area contributed by atoms with Gasteiger partial charge in [0.2, 0.25) is 0 Å². The molecule has 1 N–H and O–H groups in total. The van der Waals surface area contributed by atoms with E-state index < -0.39 is 13.9 Å². The number of phosphoric acid groups is 1. The molecular formula is C54H95NO7P+. The van der Waals surface area contributed by atoms with Gasteiger partial charge in [-0.2, -0.15) is 0 Å². The molecule has 2 atom stereocenters. The number of carbonyl (C=O) groups excluding carboxylic acids is 1. The number of hydrogen-bond donors (Lipinski definition) is 1. The molecule has 2 unspecified atom stereocenters. The van der Waals surface area contributed by atoms with Gasteiger partial charge in [0.1, 0.15) is 19.3 Å². The number of allylic oxidation sites excluding steroid dienone is 16. The van der Waals surface area contributed by atoms with Crippen LogP contribution in [0.5, 0.6) is 0 Å². The van der Waals surface area contributed by atoms with Crippen LogP contribution in [0.1, 0.15) is 181 Å². The summed E-state index contributed by atoms with van der Waals surface area (Å²) < 4.78 is 35.1. The summed E-state index contributed by atoms with van der Waals surface area (Å²) in [6.07, 6.45) is 63.2. The lowest BCUT2D eigenvalue weighted by Gasteiger charge is -2.24. The number of likely N-dealkylation sites (N-methyl/N-ethyl adjacent to an activating group) is 1. The molecule has 8 nitrogen and oxygen atoms in total. The number of phosphoric ester groups is 1. The van der Waals surface area contributed by atoms with Gasteiger partial charge in [-0.05, 0) is 89.9 Å². The van der Waals surface area contributed by atoms with Crippen LogP contribution in [0, 0.1) is 0 Å². The lowest BCUT2D eigenvalue weighted by Crippen LogP contribution is -2.37. The second-order valence-corrected chi connectivity index (χ2v) is 18.9. The molecule has 0 aromatic rings. The molecule has 0 saturated carbocycles. The molecule has 0 aliphatic rings. The summed E-state index contributed by atoms with van der Waals surface area (Å²) in [5.74, 6) is -0.357. The maximum absolute atomic E-state index is 12.7. The van der Waals surface area contributed by atoms with E-state index in [9.17, 15) is 14.3 Å². The van der Waals surface area contributed by atoms with Crippen LogP contribution < -0.4 is 0 Å². The minimum atomic E-state index is -4.30. The van der Waals surface area contributed by atoms with Crippen molar-refractivity contribution in [3.8, 4) is 0 Å². The van der Waals surface area contributed by atoms with Gasteiger partial charge in [0.05, 0.1) is 34.4 Å². The maximum Gasteiger partial charge on any atom is 0.472 e. The van der Waals surface area contributed by atoms with Crippen LogP contribution in [0.4, 0.5) is 0 Å². The first-order valence-electron chi connectivity index (χ1n) is 25.0. The molecule has 0 radical (unpaired) electrons. The van der Waals surface area contributed by atoms with Crippen molar-refractivity contribution in [2.75, 3.05) is 54.1 Å². The second-order valence-electron chi connectivity index (χ2n) is 17.4. The van der Waals surface area contributed by atoms with Gasteiger partial charge in [-0.1, -0.05) is 182 Å². The van der Waals surface area contributed by atoms with Gasteiger partial charge in [0, 0.05) is 13.0 Å². The second kappa shape index (κ2) is 46.0. The molecule has 0 aromatic heterocycles. The molecule has 0 aliphatic carbocycles. The Labute approximate surface area is 387 Å². The summed E-state index contributed by atoms with van der Waals surface area (Å²) in [4.78, 5) is 22.9. The van der Waals surface area contributed by atoms with E-state index in [0.717, 1.165) is 77.0 Å². The summed E-state index contributed by atoms with van der Waals surface area (Å²) in [6, 6.07) is 0. The van der Waals surface area contributed by atoms with Crippen molar-refractivity contribution in [3.63, 3.8) is 0 Å². The molecule has 63 heavy (non-hydrogen) atoms. The Hall–Kier alpha value is -2.58. The van der Waals surface area contributed by atoms with Crippen LogP contribution in [0.3, 0.4) is 0 Å². The number of carbonyl (C=O) groups is 1.